The van der Waals surface area contributed by atoms with Crippen molar-refractivity contribution in [2.75, 3.05) is 0 Å². The maximum absolute atomic E-state index is 6.58. The number of rotatable bonds is 2. The Morgan fingerprint density at radius 1 is 0.765 bits per heavy atom. The second kappa shape index (κ2) is 5.73. The average Bonchev–Trinajstić information content (AvgIpc) is 2.33. The van der Waals surface area contributed by atoms with E-state index in [1.165, 1.54) is 44.9 Å². The minimum absolute atomic E-state index is 0.498. The molecule has 4 atom stereocenters. The van der Waals surface area contributed by atoms with Gasteiger partial charge >= 0.3 is 0 Å². The van der Waals surface area contributed by atoms with E-state index >= 15 is 0 Å². The Kier molecular flexibility index (Phi) is 4.52. The summed E-state index contributed by atoms with van der Waals surface area (Å²) in [4.78, 5) is 0. The number of hydrogen-bond donors (Lipinski definition) is 1. The second-order valence-corrected chi connectivity index (χ2v) is 7.13. The fourth-order valence-electron chi connectivity index (χ4n) is 3.99. The molecule has 0 aromatic carbocycles. The standard InChI is InChI=1S/C16H31N/c1-11-4-7-14(8-5-11)16(17)15-9-6-12(2)13(3)10-15/h11-16H,4-10,17H2,1-3H3. The van der Waals surface area contributed by atoms with Crippen LogP contribution in [0, 0.1) is 29.6 Å². The topological polar surface area (TPSA) is 26.0 Å². The lowest BCUT2D eigenvalue weighted by atomic mass is 9.68. The van der Waals surface area contributed by atoms with E-state index in [4.69, 9.17) is 5.73 Å². The van der Waals surface area contributed by atoms with Gasteiger partial charge in [0.1, 0.15) is 0 Å². The van der Waals surface area contributed by atoms with E-state index in [0.717, 1.165) is 29.6 Å². The predicted octanol–water partition coefficient (Wildman–Crippen LogP) is 4.21. The van der Waals surface area contributed by atoms with Crippen molar-refractivity contribution in [2.24, 2.45) is 35.3 Å². The SMILES string of the molecule is CC1CCC(C(N)C2CCC(C)C(C)C2)CC1. The van der Waals surface area contributed by atoms with E-state index in [2.05, 4.69) is 20.8 Å². The molecule has 2 aliphatic rings. The molecule has 4 unspecified atom stereocenters. The van der Waals surface area contributed by atoms with Gasteiger partial charge in [-0.05, 0) is 55.3 Å². The van der Waals surface area contributed by atoms with Crippen LogP contribution in [0.1, 0.15) is 65.7 Å². The van der Waals surface area contributed by atoms with Gasteiger partial charge in [-0.25, -0.2) is 0 Å². The largest absolute Gasteiger partial charge is 0.327 e. The predicted molar refractivity (Wildman–Crippen MR) is 74.8 cm³/mol. The molecule has 2 saturated carbocycles. The molecule has 0 amide bonds. The van der Waals surface area contributed by atoms with Gasteiger partial charge in [0, 0.05) is 6.04 Å². The molecule has 0 bridgehead atoms. The highest BCUT2D eigenvalue weighted by atomic mass is 14.7. The Bertz CT molecular complexity index is 230. The van der Waals surface area contributed by atoms with Crippen LogP contribution < -0.4 is 5.73 Å². The van der Waals surface area contributed by atoms with Gasteiger partial charge in [0.25, 0.3) is 0 Å². The highest BCUT2D eigenvalue weighted by Gasteiger charge is 2.33. The van der Waals surface area contributed by atoms with Crippen LogP contribution in [0.25, 0.3) is 0 Å². The summed E-state index contributed by atoms with van der Waals surface area (Å²) in [5.74, 6) is 4.41. The van der Waals surface area contributed by atoms with Gasteiger partial charge in [-0.2, -0.15) is 0 Å². The molecule has 2 rings (SSSR count). The molecule has 0 heterocycles. The third-order valence-corrected chi connectivity index (χ3v) is 5.79. The summed E-state index contributed by atoms with van der Waals surface area (Å²) in [7, 11) is 0. The summed E-state index contributed by atoms with van der Waals surface area (Å²) in [6.07, 6.45) is 9.79. The lowest BCUT2D eigenvalue weighted by Gasteiger charge is -2.40. The van der Waals surface area contributed by atoms with E-state index in [1.54, 1.807) is 0 Å². The van der Waals surface area contributed by atoms with Crippen LogP contribution in [0.5, 0.6) is 0 Å². The first-order valence-corrected chi connectivity index (χ1v) is 7.83. The average molecular weight is 237 g/mol. The smallest absolute Gasteiger partial charge is 0.00957 e. The van der Waals surface area contributed by atoms with Crippen molar-refractivity contribution >= 4 is 0 Å². The van der Waals surface area contributed by atoms with Gasteiger partial charge in [0.15, 0.2) is 0 Å². The van der Waals surface area contributed by atoms with Gasteiger partial charge < -0.3 is 5.73 Å². The summed E-state index contributed by atoms with van der Waals surface area (Å²) in [6.45, 7) is 7.23. The maximum atomic E-state index is 6.58. The zero-order valence-corrected chi connectivity index (χ0v) is 12.0. The van der Waals surface area contributed by atoms with Crippen LogP contribution >= 0.6 is 0 Å². The molecule has 1 heteroatoms. The summed E-state index contributed by atoms with van der Waals surface area (Å²) in [5, 5.41) is 0. The van der Waals surface area contributed by atoms with Crippen molar-refractivity contribution < 1.29 is 0 Å². The zero-order chi connectivity index (χ0) is 12.4. The van der Waals surface area contributed by atoms with E-state index in [-0.39, 0.29) is 0 Å². The van der Waals surface area contributed by atoms with Crippen molar-refractivity contribution in [3.63, 3.8) is 0 Å². The summed E-state index contributed by atoms with van der Waals surface area (Å²) in [6, 6.07) is 0.498. The molecule has 0 radical (unpaired) electrons. The molecule has 100 valence electrons. The molecule has 2 fully saturated rings. The normalized spacial score (nSPS) is 45.5. The van der Waals surface area contributed by atoms with E-state index in [1.807, 2.05) is 0 Å². The van der Waals surface area contributed by atoms with Gasteiger partial charge in [-0.15, -0.1) is 0 Å². The minimum Gasteiger partial charge on any atom is -0.327 e. The lowest BCUT2D eigenvalue weighted by molar-refractivity contribution is 0.137. The second-order valence-electron chi connectivity index (χ2n) is 7.13. The Morgan fingerprint density at radius 2 is 1.35 bits per heavy atom. The Balaban J connectivity index is 1.85. The van der Waals surface area contributed by atoms with Gasteiger partial charge in [0.2, 0.25) is 0 Å². The summed E-state index contributed by atoms with van der Waals surface area (Å²) in [5.41, 5.74) is 6.58. The lowest BCUT2D eigenvalue weighted by Crippen LogP contribution is -2.42. The highest BCUT2D eigenvalue weighted by Crippen LogP contribution is 2.39. The first kappa shape index (κ1) is 13.4. The van der Waals surface area contributed by atoms with Crippen LogP contribution in [-0.4, -0.2) is 6.04 Å². The van der Waals surface area contributed by atoms with Crippen LogP contribution in [0.15, 0.2) is 0 Å². The Hall–Kier alpha value is -0.0400. The Morgan fingerprint density at radius 3 is 1.94 bits per heavy atom. The molecule has 0 aromatic heterocycles. The molecule has 2 aliphatic carbocycles. The van der Waals surface area contributed by atoms with Crippen LogP contribution in [0.4, 0.5) is 0 Å². The monoisotopic (exact) mass is 237 g/mol. The van der Waals surface area contributed by atoms with Gasteiger partial charge in [-0.1, -0.05) is 40.0 Å². The molecule has 0 aromatic rings. The molecule has 1 nitrogen and oxygen atoms in total. The fraction of sp³-hybridized carbons (Fsp3) is 1.00. The van der Waals surface area contributed by atoms with Crippen molar-refractivity contribution in [3.05, 3.63) is 0 Å². The van der Waals surface area contributed by atoms with Crippen molar-refractivity contribution in [1.82, 2.24) is 0 Å². The van der Waals surface area contributed by atoms with E-state index in [9.17, 15) is 0 Å². The first-order valence-electron chi connectivity index (χ1n) is 7.83. The molecular formula is C16H31N. The molecule has 2 N–H and O–H groups in total. The molecule has 0 saturated heterocycles. The number of nitrogens with two attached hydrogens (primary N) is 1. The zero-order valence-electron chi connectivity index (χ0n) is 12.0. The molecule has 17 heavy (non-hydrogen) atoms. The third kappa shape index (κ3) is 3.24. The van der Waals surface area contributed by atoms with Crippen LogP contribution in [0.2, 0.25) is 0 Å². The minimum atomic E-state index is 0.498. The molecular weight excluding hydrogens is 206 g/mol. The highest BCUT2D eigenvalue weighted by molar-refractivity contribution is 4.87. The van der Waals surface area contributed by atoms with Crippen molar-refractivity contribution in [3.8, 4) is 0 Å². The summed E-state index contributed by atoms with van der Waals surface area (Å²) < 4.78 is 0. The molecule has 0 spiro atoms. The summed E-state index contributed by atoms with van der Waals surface area (Å²) >= 11 is 0. The van der Waals surface area contributed by atoms with Crippen molar-refractivity contribution in [1.29, 1.82) is 0 Å². The van der Waals surface area contributed by atoms with Crippen LogP contribution in [0.3, 0.4) is 0 Å². The maximum Gasteiger partial charge on any atom is 0.00957 e. The van der Waals surface area contributed by atoms with E-state index < -0.39 is 0 Å². The quantitative estimate of drug-likeness (QED) is 0.765. The van der Waals surface area contributed by atoms with Crippen molar-refractivity contribution in [2.45, 2.75) is 71.8 Å². The van der Waals surface area contributed by atoms with Gasteiger partial charge in [-0.3, -0.25) is 0 Å². The molecule has 0 aliphatic heterocycles. The Labute approximate surface area is 108 Å². The van der Waals surface area contributed by atoms with Crippen LogP contribution in [-0.2, 0) is 0 Å². The number of hydrogen-bond acceptors (Lipinski definition) is 1. The van der Waals surface area contributed by atoms with Gasteiger partial charge in [0.05, 0.1) is 0 Å². The first-order chi connectivity index (χ1) is 8.08. The fourth-order valence-corrected chi connectivity index (χ4v) is 3.99. The third-order valence-electron chi connectivity index (χ3n) is 5.79. The van der Waals surface area contributed by atoms with E-state index in [0.29, 0.717) is 6.04 Å².